The third-order valence-corrected chi connectivity index (χ3v) is 3.07. The quantitative estimate of drug-likeness (QED) is 0.419. The van der Waals surface area contributed by atoms with Crippen molar-refractivity contribution < 1.29 is 9.53 Å². The Balaban J connectivity index is 4.10. The minimum Gasteiger partial charge on any atom is -0.381 e. The summed E-state index contributed by atoms with van der Waals surface area (Å²) in [6.07, 6.45) is 7.93. The zero-order valence-electron chi connectivity index (χ0n) is 11.0. The molecule has 0 aliphatic heterocycles. The van der Waals surface area contributed by atoms with E-state index < -0.39 is 0 Å². The van der Waals surface area contributed by atoms with Crippen molar-refractivity contribution in [1.82, 2.24) is 0 Å². The molecule has 0 saturated carbocycles. The second-order valence-electron chi connectivity index (χ2n) is 4.36. The van der Waals surface area contributed by atoms with E-state index in [1.807, 2.05) is 6.92 Å². The number of allylic oxidation sites excluding steroid dienone is 1. The monoisotopic (exact) mass is 226 g/mol. The normalized spacial score (nSPS) is 14.4. The molecule has 0 spiro atoms. The van der Waals surface area contributed by atoms with Crippen LogP contribution in [0.4, 0.5) is 0 Å². The first kappa shape index (κ1) is 15.4. The number of rotatable bonds is 10. The molecule has 0 radical (unpaired) electrons. The van der Waals surface area contributed by atoms with Crippen LogP contribution in [0.5, 0.6) is 0 Å². The average molecular weight is 226 g/mol. The Bertz CT molecular complexity index is 199. The molecule has 0 aromatic heterocycles. The number of unbranched alkanes of at least 4 members (excludes halogenated alkanes) is 3. The van der Waals surface area contributed by atoms with Gasteiger partial charge in [-0.25, -0.2) is 0 Å². The predicted octanol–water partition coefficient (Wildman–Crippen LogP) is 3.75. The number of hydrogen-bond donors (Lipinski definition) is 0. The van der Waals surface area contributed by atoms with E-state index in [2.05, 4.69) is 13.5 Å². The Morgan fingerprint density at radius 2 is 2.06 bits per heavy atom. The third kappa shape index (κ3) is 6.06. The first-order valence-corrected chi connectivity index (χ1v) is 6.33. The molecular formula is C14H26O2. The standard InChI is InChI=1S/C14H26O2/c1-5-7-8-9-11-13(12(3)16-4)14(15)10-6-2/h6,12-13H,2,5,7-11H2,1,3-4H3/t12-,13-/m0/s1. The first-order valence-electron chi connectivity index (χ1n) is 6.33. The summed E-state index contributed by atoms with van der Waals surface area (Å²) >= 11 is 0. The van der Waals surface area contributed by atoms with Gasteiger partial charge in [0.15, 0.2) is 0 Å². The summed E-state index contributed by atoms with van der Waals surface area (Å²) < 4.78 is 5.28. The van der Waals surface area contributed by atoms with Gasteiger partial charge in [-0.15, -0.1) is 6.58 Å². The molecule has 0 amide bonds. The summed E-state index contributed by atoms with van der Waals surface area (Å²) in [4.78, 5) is 11.9. The van der Waals surface area contributed by atoms with E-state index in [0.29, 0.717) is 6.42 Å². The molecule has 0 unspecified atom stereocenters. The lowest BCUT2D eigenvalue weighted by Crippen LogP contribution is -2.27. The minimum atomic E-state index is 0.0223. The highest BCUT2D eigenvalue weighted by Gasteiger charge is 2.23. The highest BCUT2D eigenvalue weighted by atomic mass is 16.5. The van der Waals surface area contributed by atoms with Crippen molar-refractivity contribution in [1.29, 1.82) is 0 Å². The van der Waals surface area contributed by atoms with Gasteiger partial charge in [-0.3, -0.25) is 4.79 Å². The van der Waals surface area contributed by atoms with Crippen LogP contribution in [0.25, 0.3) is 0 Å². The molecular weight excluding hydrogens is 200 g/mol. The van der Waals surface area contributed by atoms with Gasteiger partial charge < -0.3 is 4.74 Å². The number of methoxy groups -OCH3 is 1. The van der Waals surface area contributed by atoms with Gasteiger partial charge in [0.1, 0.15) is 5.78 Å². The van der Waals surface area contributed by atoms with Crippen molar-refractivity contribution in [3.05, 3.63) is 12.7 Å². The van der Waals surface area contributed by atoms with Crippen LogP contribution in [0.15, 0.2) is 12.7 Å². The third-order valence-electron chi connectivity index (χ3n) is 3.07. The molecule has 0 aromatic carbocycles. The SMILES string of the molecule is C=CCC(=O)[C@@H](CCCCCC)[C@H](C)OC. The van der Waals surface area contributed by atoms with Gasteiger partial charge in [0.2, 0.25) is 0 Å². The molecule has 0 aromatic rings. The van der Waals surface area contributed by atoms with Crippen molar-refractivity contribution in [3.63, 3.8) is 0 Å². The molecule has 2 atom stereocenters. The lowest BCUT2D eigenvalue weighted by molar-refractivity contribution is -0.126. The van der Waals surface area contributed by atoms with Crippen LogP contribution in [-0.4, -0.2) is 19.0 Å². The van der Waals surface area contributed by atoms with Crippen molar-refractivity contribution >= 4 is 5.78 Å². The van der Waals surface area contributed by atoms with Gasteiger partial charge in [-0.2, -0.15) is 0 Å². The Hall–Kier alpha value is -0.630. The number of hydrogen-bond acceptors (Lipinski definition) is 2. The number of carbonyl (C=O) groups is 1. The van der Waals surface area contributed by atoms with Crippen LogP contribution in [0, 0.1) is 5.92 Å². The summed E-state index contributed by atoms with van der Waals surface area (Å²) in [5, 5.41) is 0. The van der Waals surface area contributed by atoms with E-state index in [1.165, 1.54) is 19.3 Å². The first-order chi connectivity index (χ1) is 7.67. The van der Waals surface area contributed by atoms with E-state index in [4.69, 9.17) is 4.74 Å². The second-order valence-corrected chi connectivity index (χ2v) is 4.36. The molecule has 0 fully saturated rings. The summed E-state index contributed by atoms with van der Waals surface area (Å²) in [6.45, 7) is 7.79. The molecule has 2 heteroatoms. The smallest absolute Gasteiger partial charge is 0.142 e. The number of ketones is 1. The number of ether oxygens (including phenoxy) is 1. The molecule has 0 saturated heterocycles. The molecule has 0 rings (SSSR count). The molecule has 0 aliphatic carbocycles. The fourth-order valence-corrected chi connectivity index (χ4v) is 1.91. The topological polar surface area (TPSA) is 26.3 Å². The van der Waals surface area contributed by atoms with E-state index in [1.54, 1.807) is 13.2 Å². The second kappa shape index (κ2) is 9.59. The van der Waals surface area contributed by atoms with Crippen molar-refractivity contribution in [3.8, 4) is 0 Å². The molecule has 0 N–H and O–H groups in total. The maximum atomic E-state index is 11.9. The molecule has 0 heterocycles. The Morgan fingerprint density at radius 3 is 2.56 bits per heavy atom. The highest BCUT2D eigenvalue weighted by molar-refractivity contribution is 5.82. The van der Waals surface area contributed by atoms with Crippen LogP contribution in [0.3, 0.4) is 0 Å². The van der Waals surface area contributed by atoms with E-state index in [-0.39, 0.29) is 17.8 Å². The Kier molecular flexibility index (Phi) is 9.21. The summed E-state index contributed by atoms with van der Waals surface area (Å²) in [7, 11) is 1.67. The molecule has 94 valence electrons. The summed E-state index contributed by atoms with van der Waals surface area (Å²) in [5.41, 5.74) is 0. The van der Waals surface area contributed by atoms with Crippen LogP contribution in [0.1, 0.15) is 52.4 Å². The van der Waals surface area contributed by atoms with Gasteiger partial charge in [-0.1, -0.05) is 38.7 Å². The number of Topliss-reactive ketones (excluding diaryl/α,β-unsaturated/α-hetero) is 1. The maximum absolute atomic E-state index is 11.9. The fraction of sp³-hybridized carbons (Fsp3) is 0.786. The minimum absolute atomic E-state index is 0.0223. The van der Waals surface area contributed by atoms with E-state index in [0.717, 1.165) is 12.8 Å². The van der Waals surface area contributed by atoms with Crippen molar-refractivity contribution in [2.75, 3.05) is 7.11 Å². The van der Waals surface area contributed by atoms with Crippen molar-refractivity contribution in [2.24, 2.45) is 5.92 Å². The summed E-state index contributed by atoms with van der Waals surface area (Å²) in [5.74, 6) is 0.306. The van der Waals surface area contributed by atoms with Gasteiger partial charge >= 0.3 is 0 Å². The Labute approximate surface area is 100 Å². The molecule has 2 nitrogen and oxygen atoms in total. The van der Waals surface area contributed by atoms with Crippen molar-refractivity contribution in [2.45, 2.75) is 58.5 Å². The van der Waals surface area contributed by atoms with Crippen LogP contribution >= 0.6 is 0 Å². The van der Waals surface area contributed by atoms with Gasteiger partial charge in [0, 0.05) is 19.4 Å². The van der Waals surface area contributed by atoms with Crippen LogP contribution in [-0.2, 0) is 9.53 Å². The zero-order valence-corrected chi connectivity index (χ0v) is 11.0. The fourth-order valence-electron chi connectivity index (χ4n) is 1.91. The predicted molar refractivity (Wildman–Crippen MR) is 68.5 cm³/mol. The average Bonchev–Trinajstić information content (AvgIpc) is 2.28. The van der Waals surface area contributed by atoms with Gasteiger partial charge in [0.05, 0.1) is 6.10 Å². The van der Waals surface area contributed by atoms with E-state index >= 15 is 0 Å². The van der Waals surface area contributed by atoms with Gasteiger partial charge in [-0.05, 0) is 13.3 Å². The lowest BCUT2D eigenvalue weighted by atomic mass is 9.90. The maximum Gasteiger partial charge on any atom is 0.142 e. The van der Waals surface area contributed by atoms with E-state index in [9.17, 15) is 4.79 Å². The largest absolute Gasteiger partial charge is 0.381 e. The van der Waals surface area contributed by atoms with Gasteiger partial charge in [0.25, 0.3) is 0 Å². The Morgan fingerprint density at radius 1 is 1.38 bits per heavy atom. The lowest BCUT2D eigenvalue weighted by Gasteiger charge is -2.21. The van der Waals surface area contributed by atoms with Crippen LogP contribution in [0.2, 0.25) is 0 Å². The highest BCUT2D eigenvalue weighted by Crippen LogP contribution is 2.19. The summed E-state index contributed by atoms with van der Waals surface area (Å²) in [6, 6.07) is 0. The molecule has 0 bridgehead atoms. The number of carbonyl (C=O) groups excluding carboxylic acids is 1. The zero-order chi connectivity index (χ0) is 12.4. The van der Waals surface area contributed by atoms with Crippen LogP contribution < -0.4 is 0 Å². The molecule has 16 heavy (non-hydrogen) atoms. The molecule has 0 aliphatic rings.